The van der Waals surface area contributed by atoms with Crippen LogP contribution in [0.3, 0.4) is 0 Å². The highest BCUT2D eigenvalue weighted by Gasteiger charge is 2.60. The van der Waals surface area contributed by atoms with Crippen molar-refractivity contribution in [2.45, 2.75) is 57.2 Å². The van der Waals surface area contributed by atoms with Crippen LogP contribution < -0.4 is 10.2 Å². The van der Waals surface area contributed by atoms with Gasteiger partial charge in [-0.2, -0.15) is 0 Å². The number of para-hydroxylation sites is 1. The molecule has 2 fully saturated rings. The molecule has 0 radical (unpaired) electrons. The van der Waals surface area contributed by atoms with Gasteiger partial charge in [-0.05, 0) is 43.7 Å². The summed E-state index contributed by atoms with van der Waals surface area (Å²) in [5.41, 5.74) is -0.785. The molecule has 3 amide bonds. The molecule has 1 aliphatic carbocycles. The maximum absolute atomic E-state index is 13.2. The van der Waals surface area contributed by atoms with Gasteiger partial charge in [0.15, 0.2) is 6.61 Å². The van der Waals surface area contributed by atoms with Crippen LogP contribution >= 0.6 is 0 Å². The minimum absolute atomic E-state index is 0.0981. The zero-order valence-corrected chi connectivity index (χ0v) is 17.3. The van der Waals surface area contributed by atoms with Gasteiger partial charge in [-0.25, -0.2) is 4.79 Å². The Morgan fingerprint density at radius 1 is 1.17 bits per heavy atom. The number of rotatable bonds is 4. The maximum Gasteiger partial charge on any atom is 0.354 e. The molecule has 1 saturated carbocycles. The summed E-state index contributed by atoms with van der Waals surface area (Å²) >= 11 is 0. The van der Waals surface area contributed by atoms with Gasteiger partial charge in [0.25, 0.3) is 11.8 Å². The second-order valence-corrected chi connectivity index (χ2v) is 8.53. The maximum atomic E-state index is 13.2. The third-order valence-corrected chi connectivity index (χ3v) is 6.58. The standard InChI is InChI=1S/C22H27N3O5/c1-14-7-9-15(10-8-14)23-18(26)13-30-21(29)22-12-11-19(27)25(22)17-6-4-3-5-16(17)20(28)24(22)2/h3-6,14-15H,7-13H2,1-2H3,(H,23,26)/t14?,15?,22-/m0/s1. The first-order chi connectivity index (χ1) is 14.3. The fourth-order valence-electron chi connectivity index (χ4n) is 4.81. The van der Waals surface area contributed by atoms with E-state index in [0.29, 0.717) is 17.2 Å². The van der Waals surface area contributed by atoms with Gasteiger partial charge in [-0.3, -0.25) is 19.3 Å². The Labute approximate surface area is 175 Å². The summed E-state index contributed by atoms with van der Waals surface area (Å²) in [6.07, 6.45) is 4.22. The van der Waals surface area contributed by atoms with Gasteiger partial charge in [0.2, 0.25) is 11.6 Å². The molecule has 1 aromatic rings. The normalized spacial score (nSPS) is 28.1. The van der Waals surface area contributed by atoms with Crippen LogP contribution in [0, 0.1) is 5.92 Å². The Bertz CT molecular complexity index is 893. The van der Waals surface area contributed by atoms with Gasteiger partial charge in [0.1, 0.15) is 0 Å². The molecule has 1 aromatic carbocycles. The first-order valence-electron chi connectivity index (χ1n) is 10.5. The Morgan fingerprint density at radius 3 is 2.60 bits per heavy atom. The van der Waals surface area contributed by atoms with Crippen molar-refractivity contribution in [3.8, 4) is 0 Å². The first kappa shape index (κ1) is 20.4. The van der Waals surface area contributed by atoms with Gasteiger partial charge >= 0.3 is 5.97 Å². The van der Waals surface area contributed by atoms with Crippen molar-refractivity contribution < 1.29 is 23.9 Å². The Kier molecular flexibility index (Phi) is 5.26. The molecule has 1 N–H and O–H groups in total. The van der Waals surface area contributed by atoms with Gasteiger partial charge < -0.3 is 15.0 Å². The predicted molar refractivity (Wildman–Crippen MR) is 109 cm³/mol. The number of anilines is 1. The van der Waals surface area contributed by atoms with E-state index >= 15 is 0 Å². The number of hydrogen-bond acceptors (Lipinski definition) is 5. The number of ether oxygens (including phenoxy) is 1. The lowest BCUT2D eigenvalue weighted by molar-refractivity contribution is -0.159. The molecule has 2 heterocycles. The fraction of sp³-hybridized carbons (Fsp3) is 0.545. The van der Waals surface area contributed by atoms with Crippen molar-refractivity contribution >= 4 is 29.4 Å². The highest BCUT2D eigenvalue weighted by Crippen LogP contribution is 2.44. The van der Waals surface area contributed by atoms with Gasteiger partial charge in [-0.15, -0.1) is 0 Å². The second kappa shape index (κ2) is 7.74. The smallest absolute Gasteiger partial charge is 0.354 e. The molecule has 0 aromatic heterocycles. The Hall–Kier alpha value is -2.90. The molecule has 1 saturated heterocycles. The van der Waals surface area contributed by atoms with Crippen LogP contribution in [0.25, 0.3) is 0 Å². The number of hydrogen-bond donors (Lipinski definition) is 1. The van der Waals surface area contributed by atoms with Crippen LogP contribution in [0.5, 0.6) is 0 Å². The fourth-order valence-corrected chi connectivity index (χ4v) is 4.81. The number of amides is 3. The Balaban J connectivity index is 1.49. The highest BCUT2D eigenvalue weighted by atomic mass is 16.5. The quantitative estimate of drug-likeness (QED) is 0.760. The lowest BCUT2D eigenvalue weighted by atomic mass is 9.87. The average molecular weight is 413 g/mol. The molecule has 160 valence electrons. The molecule has 2 aliphatic heterocycles. The lowest BCUT2D eigenvalue weighted by Crippen LogP contribution is -2.67. The van der Waals surface area contributed by atoms with Gasteiger partial charge in [0, 0.05) is 25.9 Å². The van der Waals surface area contributed by atoms with Crippen molar-refractivity contribution in [1.82, 2.24) is 10.2 Å². The number of carbonyl (C=O) groups excluding carboxylic acids is 4. The van der Waals surface area contributed by atoms with Crippen LogP contribution in [0.4, 0.5) is 5.69 Å². The number of nitrogens with zero attached hydrogens (tertiary/aromatic N) is 2. The molecular weight excluding hydrogens is 386 g/mol. The van der Waals surface area contributed by atoms with Crippen molar-refractivity contribution in [2.24, 2.45) is 5.92 Å². The van der Waals surface area contributed by atoms with Gasteiger partial charge in [-0.1, -0.05) is 19.1 Å². The van der Waals surface area contributed by atoms with E-state index in [1.807, 2.05) is 0 Å². The van der Waals surface area contributed by atoms with Crippen LogP contribution in [0.15, 0.2) is 24.3 Å². The highest BCUT2D eigenvalue weighted by molar-refractivity contribution is 6.15. The van der Waals surface area contributed by atoms with Crippen molar-refractivity contribution in [2.75, 3.05) is 18.6 Å². The minimum atomic E-state index is -1.55. The molecule has 4 rings (SSSR count). The molecule has 3 aliphatic rings. The largest absolute Gasteiger partial charge is 0.452 e. The first-order valence-corrected chi connectivity index (χ1v) is 10.5. The summed E-state index contributed by atoms with van der Waals surface area (Å²) < 4.78 is 5.35. The second-order valence-electron chi connectivity index (χ2n) is 8.53. The minimum Gasteiger partial charge on any atom is -0.452 e. The van der Waals surface area contributed by atoms with Crippen LogP contribution in [-0.4, -0.2) is 54.0 Å². The molecule has 1 atom stereocenters. The third kappa shape index (κ3) is 3.24. The van der Waals surface area contributed by atoms with E-state index in [1.54, 1.807) is 24.3 Å². The summed E-state index contributed by atoms with van der Waals surface area (Å²) in [5.74, 6) is -1.05. The lowest BCUT2D eigenvalue weighted by Gasteiger charge is -2.46. The number of likely N-dealkylation sites (N-methyl/N-ethyl adjacent to an activating group) is 1. The third-order valence-electron chi connectivity index (χ3n) is 6.58. The predicted octanol–water partition coefficient (Wildman–Crippen LogP) is 1.83. The summed E-state index contributed by atoms with van der Waals surface area (Å²) in [4.78, 5) is 53.7. The molecule has 8 heteroatoms. The van der Waals surface area contributed by atoms with Gasteiger partial charge in [0.05, 0.1) is 11.3 Å². The number of esters is 1. The summed E-state index contributed by atoms with van der Waals surface area (Å²) in [7, 11) is 1.49. The van der Waals surface area contributed by atoms with Crippen molar-refractivity contribution in [3.05, 3.63) is 29.8 Å². The molecule has 30 heavy (non-hydrogen) atoms. The molecular formula is C22H27N3O5. The van der Waals surface area contributed by atoms with E-state index in [0.717, 1.165) is 25.7 Å². The van der Waals surface area contributed by atoms with E-state index in [4.69, 9.17) is 4.74 Å². The van der Waals surface area contributed by atoms with Crippen LogP contribution in [0.2, 0.25) is 0 Å². The van der Waals surface area contributed by atoms with Crippen LogP contribution in [-0.2, 0) is 19.1 Å². The van der Waals surface area contributed by atoms with Crippen molar-refractivity contribution in [1.29, 1.82) is 0 Å². The molecule has 0 spiro atoms. The summed E-state index contributed by atoms with van der Waals surface area (Å²) in [6, 6.07) is 6.82. The van der Waals surface area contributed by atoms with E-state index in [1.165, 1.54) is 16.8 Å². The molecule has 0 bridgehead atoms. The zero-order chi connectivity index (χ0) is 21.5. The molecule has 8 nitrogen and oxygen atoms in total. The number of benzene rings is 1. The van der Waals surface area contributed by atoms with E-state index in [2.05, 4.69) is 12.2 Å². The monoisotopic (exact) mass is 413 g/mol. The molecule has 0 unspecified atom stereocenters. The van der Waals surface area contributed by atoms with Crippen molar-refractivity contribution in [3.63, 3.8) is 0 Å². The van der Waals surface area contributed by atoms with E-state index in [-0.39, 0.29) is 36.6 Å². The number of carbonyl (C=O) groups is 4. The summed E-state index contributed by atoms with van der Waals surface area (Å²) in [6.45, 7) is 1.77. The number of fused-ring (bicyclic) bond motifs is 3. The van der Waals surface area contributed by atoms with Crippen LogP contribution in [0.1, 0.15) is 55.8 Å². The topological polar surface area (TPSA) is 96.0 Å². The SMILES string of the molecule is CC1CCC(NC(=O)COC(=O)[C@]23CCC(=O)N2c2ccccc2C(=O)N3C)CC1. The average Bonchev–Trinajstić information content (AvgIpc) is 3.10. The number of nitrogens with one attached hydrogen (secondary N) is 1. The zero-order valence-electron chi connectivity index (χ0n) is 17.3. The summed E-state index contributed by atoms with van der Waals surface area (Å²) in [5, 5.41) is 2.92. The van der Waals surface area contributed by atoms with E-state index in [9.17, 15) is 19.2 Å². The van der Waals surface area contributed by atoms with E-state index < -0.39 is 18.2 Å². The Morgan fingerprint density at radius 2 is 1.87 bits per heavy atom.